The molecule has 0 saturated heterocycles. The van der Waals surface area contributed by atoms with Crippen molar-refractivity contribution in [2.45, 2.75) is 37.4 Å². The zero-order chi connectivity index (χ0) is 14.4. The third kappa shape index (κ3) is 2.22. The Kier molecular flexibility index (Phi) is 3.08. The monoisotopic (exact) mass is 287 g/mol. The SMILES string of the molecule is NC1(c2cc3c(cc2C(F)(F)F)OCCCO3)CCC1. The molecule has 0 amide bonds. The van der Waals surface area contributed by atoms with Crippen LogP contribution in [0.15, 0.2) is 12.1 Å². The summed E-state index contributed by atoms with van der Waals surface area (Å²) in [5, 5.41) is 0. The predicted octanol–water partition coefficient (Wildman–Crippen LogP) is 3.20. The molecule has 6 heteroatoms. The first-order valence-corrected chi connectivity index (χ1v) is 6.70. The lowest BCUT2D eigenvalue weighted by molar-refractivity contribution is -0.139. The minimum atomic E-state index is -4.44. The van der Waals surface area contributed by atoms with E-state index in [9.17, 15) is 13.2 Å². The normalized spacial score (nSPS) is 21.0. The molecule has 1 aliphatic heterocycles. The molecule has 0 spiro atoms. The highest BCUT2D eigenvalue weighted by Gasteiger charge is 2.44. The predicted molar refractivity (Wildman–Crippen MR) is 66.8 cm³/mol. The van der Waals surface area contributed by atoms with Crippen molar-refractivity contribution in [3.8, 4) is 11.5 Å². The van der Waals surface area contributed by atoms with Crippen molar-refractivity contribution in [2.75, 3.05) is 13.2 Å². The maximum Gasteiger partial charge on any atom is 0.416 e. The molecule has 1 fully saturated rings. The second-order valence-corrected chi connectivity index (χ2v) is 5.40. The van der Waals surface area contributed by atoms with Gasteiger partial charge >= 0.3 is 6.18 Å². The van der Waals surface area contributed by atoms with Crippen molar-refractivity contribution < 1.29 is 22.6 Å². The zero-order valence-corrected chi connectivity index (χ0v) is 10.9. The maximum absolute atomic E-state index is 13.3. The van der Waals surface area contributed by atoms with Crippen LogP contribution in [0.3, 0.4) is 0 Å². The number of rotatable bonds is 1. The van der Waals surface area contributed by atoms with Crippen LogP contribution in [0.2, 0.25) is 0 Å². The summed E-state index contributed by atoms with van der Waals surface area (Å²) < 4.78 is 50.6. The summed E-state index contributed by atoms with van der Waals surface area (Å²) in [5.41, 5.74) is 4.62. The molecule has 20 heavy (non-hydrogen) atoms. The van der Waals surface area contributed by atoms with Crippen LogP contribution in [0, 0.1) is 0 Å². The van der Waals surface area contributed by atoms with Gasteiger partial charge in [-0.1, -0.05) is 0 Å². The molecule has 0 unspecified atom stereocenters. The first-order chi connectivity index (χ1) is 9.40. The van der Waals surface area contributed by atoms with Gasteiger partial charge in [0.2, 0.25) is 0 Å². The van der Waals surface area contributed by atoms with Gasteiger partial charge < -0.3 is 15.2 Å². The van der Waals surface area contributed by atoms with Crippen LogP contribution in [0.25, 0.3) is 0 Å². The van der Waals surface area contributed by atoms with E-state index in [0.717, 1.165) is 12.5 Å². The fourth-order valence-corrected chi connectivity index (χ4v) is 2.68. The third-order valence-electron chi connectivity index (χ3n) is 3.98. The minimum absolute atomic E-state index is 0.125. The summed E-state index contributed by atoms with van der Waals surface area (Å²) in [7, 11) is 0. The molecule has 1 saturated carbocycles. The van der Waals surface area contributed by atoms with Crippen LogP contribution in [0.1, 0.15) is 36.8 Å². The van der Waals surface area contributed by atoms with E-state index in [1.165, 1.54) is 6.07 Å². The van der Waals surface area contributed by atoms with Crippen LogP contribution in [0.4, 0.5) is 13.2 Å². The molecule has 3 rings (SSSR count). The Morgan fingerprint density at radius 2 is 1.60 bits per heavy atom. The molecule has 3 nitrogen and oxygen atoms in total. The van der Waals surface area contributed by atoms with E-state index in [2.05, 4.69) is 0 Å². The molecule has 1 aliphatic carbocycles. The number of hydrogen-bond donors (Lipinski definition) is 1. The molecular formula is C14H16F3NO2. The molecule has 110 valence electrons. The topological polar surface area (TPSA) is 44.5 Å². The van der Waals surface area contributed by atoms with Gasteiger partial charge in [-0.3, -0.25) is 0 Å². The van der Waals surface area contributed by atoms with Crippen LogP contribution in [-0.4, -0.2) is 13.2 Å². The van der Waals surface area contributed by atoms with E-state index >= 15 is 0 Å². The van der Waals surface area contributed by atoms with Gasteiger partial charge in [0.25, 0.3) is 0 Å². The molecule has 1 aromatic carbocycles. The van der Waals surface area contributed by atoms with E-state index < -0.39 is 17.3 Å². The van der Waals surface area contributed by atoms with Crippen LogP contribution in [0.5, 0.6) is 11.5 Å². The average molecular weight is 287 g/mol. The summed E-state index contributed by atoms with van der Waals surface area (Å²) in [6.45, 7) is 0.798. The molecule has 1 heterocycles. The molecule has 2 aliphatic rings. The second-order valence-electron chi connectivity index (χ2n) is 5.40. The minimum Gasteiger partial charge on any atom is -0.490 e. The van der Waals surface area contributed by atoms with E-state index in [4.69, 9.17) is 15.2 Å². The first-order valence-electron chi connectivity index (χ1n) is 6.70. The highest BCUT2D eigenvalue weighted by atomic mass is 19.4. The third-order valence-corrected chi connectivity index (χ3v) is 3.98. The molecule has 0 atom stereocenters. The maximum atomic E-state index is 13.3. The van der Waals surface area contributed by atoms with Crippen LogP contribution < -0.4 is 15.2 Å². The van der Waals surface area contributed by atoms with Gasteiger partial charge in [0.1, 0.15) is 0 Å². The summed E-state index contributed by atoms with van der Waals surface area (Å²) in [6.07, 6.45) is -1.81. The van der Waals surface area contributed by atoms with E-state index in [-0.39, 0.29) is 11.3 Å². The van der Waals surface area contributed by atoms with Crippen LogP contribution in [-0.2, 0) is 11.7 Å². The van der Waals surface area contributed by atoms with Crippen molar-refractivity contribution in [3.63, 3.8) is 0 Å². The quantitative estimate of drug-likeness (QED) is 0.862. The molecule has 0 radical (unpaired) electrons. The van der Waals surface area contributed by atoms with Crippen LogP contribution >= 0.6 is 0 Å². The Morgan fingerprint density at radius 3 is 2.10 bits per heavy atom. The highest BCUT2D eigenvalue weighted by molar-refractivity contribution is 5.51. The Morgan fingerprint density at radius 1 is 1.00 bits per heavy atom. The van der Waals surface area contributed by atoms with Crippen molar-refractivity contribution in [1.82, 2.24) is 0 Å². The summed E-state index contributed by atoms with van der Waals surface area (Å²) in [6, 6.07) is 2.45. The number of fused-ring (bicyclic) bond motifs is 1. The second kappa shape index (κ2) is 4.55. The first kappa shape index (κ1) is 13.5. The van der Waals surface area contributed by atoms with E-state index in [0.29, 0.717) is 38.2 Å². The lowest BCUT2D eigenvalue weighted by Gasteiger charge is -2.40. The van der Waals surface area contributed by atoms with Gasteiger partial charge in [-0.05, 0) is 37.0 Å². The highest BCUT2D eigenvalue weighted by Crippen LogP contribution is 2.48. The summed E-state index contributed by atoms with van der Waals surface area (Å²) in [4.78, 5) is 0. The number of nitrogens with two attached hydrogens (primary N) is 1. The fraction of sp³-hybridized carbons (Fsp3) is 0.571. The number of ether oxygens (including phenoxy) is 2. The number of alkyl halides is 3. The van der Waals surface area contributed by atoms with Gasteiger partial charge in [0, 0.05) is 12.0 Å². The van der Waals surface area contributed by atoms with Gasteiger partial charge in [-0.2, -0.15) is 13.2 Å². The lowest BCUT2D eigenvalue weighted by Crippen LogP contribution is -2.44. The summed E-state index contributed by atoms with van der Waals surface area (Å²) in [5.74, 6) is 0.517. The largest absolute Gasteiger partial charge is 0.490 e. The molecule has 2 N–H and O–H groups in total. The Labute approximate surface area is 114 Å². The summed E-state index contributed by atoms with van der Waals surface area (Å²) >= 11 is 0. The van der Waals surface area contributed by atoms with Crippen molar-refractivity contribution >= 4 is 0 Å². The van der Waals surface area contributed by atoms with Gasteiger partial charge in [-0.25, -0.2) is 0 Å². The fourth-order valence-electron chi connectivity index (χ4n) is 2.68. The Hall–Kier alpha value is -1.43. The smallest absolute Gasteiger partial charge is 0.416 e. The number of benzene rings is 1. The van der Waals surface area contributed by atoms with Gasteiger partial charge in [0.15, 0.2) is 11.5 Å². The lowest BCUT2D eigenvalue weighted by atomic mass is 9.71. The average Bonchev–Trinajstić information content (AvgIpc) is 2.57. The molecular weight excluding hydrogens is 271 g/mol. The molecule has 0 bridgehead atoms. The van der Waals surface area contributed by atoms with Crippen molar-refractivity contribution in [2.24, 2.45) is 5.73 Å². The Balaban J connectivity index is 2.13. The van der Waals surface area contributed by atoms with Gasteiger partial charge in [0.05, 0.1) is 18.8 Å². The molecule has 1 aromatic rings. The number of hydrogen-bond acceptors (Lipinski definition) is 3. The standard InChI is InChI=1S/C14H16F3NO2/c15-14(16,17)10-8-12-11(19-5-2-6-20-12)7-9(10)13(18)3-1-4-13/h7-8H,1-6,18H2. The van der Waals surface area contributed by atoms with Gasteiger partial charge in [-0.15, -0.1) is 0 Å². The Bertz CT molecular complexity index is 524. The van der Waals surface area contributed by atoms with E-state index in [1.807, 2.05) is 0 Å². The molecule has 0 aromatic heterocycles. The van der Waals surface area contributed by atoms with Crippen molar-refractivity contribution in [3.05, 3.63) is 23.3 Å². The zero-order valence-electron chi connectivity index (χ0n) is 10.9. The number of halogens is 3. The van der Waals surface area contributed by atoms with Crippen molar-refractivity contribution in [1.29, 1.82) is 0 Å². The van der Waals surface area contributed by atoms with E-state index in [1.54, 1.807) is 0 Å².